The first kappa shape index (κ1) is 15.9. The van der Waals surface area contributed by atoms with Gasteiger partial charge in [-0.3, -0.25) is 4.98 Å². The quantitative estimate of drug-likeness (QED) is 0.784. The van der Waals surface area contributed by atoms with E-state index in [1.165, 1.54) is 5.69 Å². The van der Waals surface area contributed by atoms with E-state index in [0.29, 0.717) is 12.6 Å². The highest BCUT2D eigenvalue weighted by Crippen LogP contribution is 2.25. The predicted octanol–water partition coefficient (Wildman–Crippen LogP) is 2.49. The summed E-state index contributed by atoms with van der Waals surface area (Å²) in [6.45, 7) is 8.60. The van der Waals surface area contributed by atoms with Gasteiger partial charge in [0.1, 0.15) is 0 Å². The average Bonchev–Trinajstić information content (AvgIpc) is 2.43. The summed E-state index contributed by atoms with van der Waals surface area (Å²) >= 11 is 0. The first-order chi connectivity index (χ1) is 9.17. The summed E-state index contributed by atoms with van der Waals surface area (Å²) in [5, 5.41) is 0. The van der Waals surface area contributed by atoms with Crippen LogP contribution in [0.1, 0.15) is 37.9 Å². The molecule has 0 amide bonds. The molecule has 1 aromatic heterocycles. The fourth-order valence-electron chi connectivity index (χ4n) is 2.42. The van der Waals surface area contributed by atoms with E-state index in [-0.39, 0.29) is 0 Å². The summed E-state index contributed by atoms with van der Waals surface area (Å²) < 4.78 is 5.25. The van der Waals surface area contributed by atoms with Gasteiger partial charge in [0.15, 0.2) is 0 Å². The Morgan fingerprint density at radius 2 is 2.05 bits per heavy atom. The van der Waals surface area contributed by atoms with Crippen molar-refractivity contribution in [3.63, 3.8) is 0 Å². The zero-order chi connectivity index (χ0) is 14.3. The van der Waals surface area contributed by atoms with Crippen molar-refractivity contribution in [2.24, 2.45) is 5.73 Å². The highest BCUT2D eigenvalue weighted by molar-refractivity contribution is 5.54. The minimum absolute atomic E-state index is 0.516. The molecule has 0 aromatic carbocycles. The molecule has 4 nitrogen and oxygen atoms in total. The van der Waals surface area contributed by atoms with Crippen LogP contribution in [0.25, 0.3) is 0 Å². The molecule has 4 heteroatoms. The number of methoxy groups -OCH3 is 1. The van der Waals surface area contributed by atoms with Gasteiger partial charge in [-0.25, -0.2) is 0 Å². The van der Waals surface area contributed by atoms with Gasteiger partial charge >= 0.3 is 0 Å². The fraction of sp³-hybridized carbons (Fsp3) is 0.667. The molecular formula is C15H27N3O. The van der Waals surface area contributed by atoms with Gasteiger partial charge in [-0.2, -0.15) is 0 Å². The third-order valence-corrected chi connectivity index (χ3v) is 3.55. The molecule has 0 fully saturated rings. The van der Waals surface area contributed by atoms with Crippen LogP contribution < -0.4 is 10.6 Å². The van der Waals surface area contributed by atoms with Gasteiger partial charge < -0.3 is 15.4 Å². The summed E-state index contributed by atoms with van der Waals surface area (Å²) in [5.41, 5.74) is 9.19. The Morgan fingerprint density at radius 1 is 1.37 bits per heavy atom. The molecule has 1 rings (SSSR count). The summed E-state index contributed by atoms with van der Waals surface area (Å²) in [4.78, 5) is 6.76. The van der Waals surface area contributed by atoms with Gasteiger partial charge in [0.2, 0.25) is 0 Å². The fourth-order valence-corrected chi connectivity index (χ4v) is 2.42. The molecule has 0 saturated carbocycles. The number of anilines is 1. The van der Waals surface area contributed by atoms with E-state index in [2.05, 4.69) is 29.8 Å². The van der Waals surface area contributed by atoms with Crippen molar-refractivity contribution in [1.29, 1.82) is 0 Å². The van der Waals surface area contributed by atoms with Gasteiger partial charge in [-0.1, -0.05) is 13.8 Å². The molecular weight excluding hydrogens is 238 g/mol. The normalized spacial score (nSPS) is 11.1. The van der Waals surface area contributed by atoms with E-state index in [1.807, 2.05) is 13.1 Å². The van der Waals surface area contributed by atoms with Crippen LogP contribution in [0.5, 0.6) is 0 Å². The monoisotopic (exact) mass is 265 g/mol. The van der Waals surface area contributed by atoms with E-state index < -0.39 is 0 Å². The summed E-state index contributed by atoms with van der Waals surface area (Å²) in [7, 11) is 1.74. The lowest BCUT2D eigenvalue weighted by atomic mass is 10.1. The molecule has 19 heavy (non-hydrogen) atoms. The number of ether oxygens (including phenoxy) is 1. The highest BCUT2D eigenvalue weighted by atomic mass is 16.5. The predicted molar refractivity (Wildman–Crippen MR) is 80.5 cm³/mol. The van der Waals surface area contributed by atoms with Gasteiger partial charge in [-0.05, 0) is 25.8 Å². The van der Waals surface area contributed by atoms with Crippen LogP contribution in [0, 0.1) is 6.92 Å². The minimum atomic E-state index is 0.516. The number of hydrogen-bond acceptors (Lipinski definition) is 4. The Morgan fingerprint density at radius 3 is 2.58 bits per heavy atom. The van der Waals surface area contributed by atoms with E-state index in [9.17, 15) is 0 Å². The number of rotatable bonds is 8. The number of nitrogens with zero attached hydrogens (tertiary/aromatic N) is 2. The lowest BCUT2D eigenvalue weighted by Gasteiger charge is -2.34. The SMILES string of the molecule is CCC(CC)N(CCOC)c1cc(C)ncc1CN. The van der Waals surface area contributed by atoms with Crippen LogP contribution in [-0.4, -0.2) is 31.3 Å². The Kier molecular flexibility index (Phi) is 6.81. The molecule has 2 N–H and O–H groups in total. The standard InChI is InChI=1S/C15H27N3O/c1-5-14(6-2)18(7-8-19-4)15-9-12(3)17-11-13(15)10-16/h9,11,14H,5-8,10,16H2,1-4H3. The average molecular weight is 265 g/mol. The lowest BCUT2D eigenvalue weighted by Crippen LogP contribution is -2.38. The number of aryl methyl sites for hydroxylation is 1. The largest absolute Gasteiger partial charge is 0.383 e. The third-order valence-electron chi connectivity index (χ3n) is 3.55. The van der Waals surface area contributed by atoms with Crippen LogP contribution in [0.4, 0.5) is 5.69 Å². The van der Waals surface area contributed by atoms with Gasteiger partial charge in [0.25, 0.3) is 0 Å². The Balaban J connectivity index is 3.10. The maximum atomic E-state index is 5.85. The molecule has 108 valence electrons. The van der Waals surface area contributed by atoms with Gasteiger partial charge in [-0.15, -0.1) is 0 Å². The molecule has 0 aliphatic carbocycles. The highest BCUT2D eigenvalue weighted by Gasteiger charge is 2.18. The molecule has 1 heterocycles. The molecule has 0 aliphatic heterocycles. The maximum absolute atomic E-state index is 5.85. The van der Waals surface area contributed by atoms with Gasteiger partial charge in [0, 0.05) is 49.4 Å². The molecule has 0 atom stereocenters. The Hall–Kier alpha value is -1.13. The van der Waals surface area contributed by atoms with E-state index >= 15 is 0 Å². The maximum Gasteiger partial charge on any atom is 0.0637 e. The van der Waals surface area contributed by atoms with Gasteiger partial charge in [0.05, 0.1) is 6.61 Å². The van der Waals surface area contributed by atoms with Crippen molar-refractivity contribution in [3.05, 3.63) is 23.5 Å². The Labute approximate surface area is 117 Å². The van der Waals surface area contributed by atoms with Crippen molar-refractivity contribution in [3.8, 4) is 0 Å². The van der Waals surface area contributed by atoms with Crippen LogP contribution in [-0.2, 0) is 11.3 Å². The van der Waals surface area contributed by atoms with Crippen LogP contribution >= 0.6 is 0 Å². The summed E-state index contributed by atoms with van der Waals surface area (Å²) in [6, 6.07) is 2.65. The molecule has 1 aromatic rings. The van der Waals surface area contributed by atoms with E-state index in [0.717, 1.165) is 37.3 Å². The van der Waals surface area contributed by atoms with E-state index in [1.54, 1.807) is 7.11 Å². The molecule has 0 bridgehead atoms. The van der Waals surface area contributed by atoms with Crippen molar-refractivity contribution in [1.82, 2.24) is 4.98 Å². The number of aromatic nitrogens is 1. The first-order valence-electron chi connectivity index (χ1n) is 7.09. The van der Waals surface area contributed by atoms with Crippen molar-refractivity contribution < 1.29 is 4.74 Å². The molecule has 0 unspecified atom stereocenters. The number of nitrogens with two attached hydrogens (primary N) is 1. The van der Waals surface area contributed by atoms with Crippen LogP contribution in [0.2, 0.25) is 0 Å². The third kappa shape index (κ3) is 4.18. The van der Waals surface area contributed by atoms with Crippen molar-refractivity contribution >= 4 is 5.69 Å². The molecule has 0 saturated heterocycles. The molecule has 0 spiro atoms. The second-order valence-electron chi connectivity index (χ2n) is 4.82. The van der Waals surface area contributed by atoms with Crippen LogP contribution in [0.3, 0.4) is 0 Å². The zero-order valence-electron chi connectivity index (χ0n) is 12.6. The number of hydrogen-bond donors (Lipinski definition) is 1. The molecule has 0 aliphatic rings. The topological polar surface area (TPSA) is 51.4 Å². The zero-order valence-corrected chi connectivity index (χ0v) is 12.6. The van der Waals surface area contributed by atoms with Crippen LogP contribution in [0.15, 0.2) is 12.3 Å². The smallest absolute Gasteiger partial charge is 0.0637 e. The van der Waals surface area contributed by atoms with E-state index in [4.69, 9.17) is 10.5 Å². The number of pyridine rings is 1. The Bertz CT molecular complexity index is 378. The summed E-state index contributed by atoms with van der Waals surface area (Å²) in [5.74, 6) is 0. The van der Waals surface area contributed by atoms with Crippen molar-refractivity contribution in [2.45, 2.75) is 46.2 Å². The minimum Gasteiger partial charge on any atom is -0.383 e. The lowest BCUT2D eigenvalue weighted by molar-refractivity contribution is 0.202. The second kappa shape index (κ2) is 8.12. The van der Waals surface area contributed by atoms with Crippen molar-refractivity contribution in [2.75, 3.05) is 25.2 Å². The molecule has 0 radical (unpaired) electrons. The first-order valence-corrected chi connectivity index (χ1v) is 7.09. The summed E-state index contributed by atoms with van der Waals surface area (Å²) in [6.07, 6.45) is 4.13. The second-order valence-corrected chi connectivity index (χ2v) is 4.82.